The molecule has 0 radical (unpaired) electrons. The summed E-state index contributed by atoms with van der Waals surface area (Å²) >= 11 is 0. The van der Waals surface area contributed by atoms with Crippen molar-refractivity contribution in [1.82, 2.24) is 23.9 Å². The average Bonchev–Trinajstić information content (AvgIpc) is 3.03. The van der Waals surface area contributed by atoms with Gasteiger partial charge in [0.25, 0.3) is 11.5 Å². The standard InChI is InChI=1S/C34H38N6O4/c1-4-16-38(17-5-2)32(42)29-22-25(3)35-31-30(29)33(43)40(27-14-10-7-11-15-27)34(44)39(31)24-28(41)23-36-18-20-37(21-19-36)26-12-8-6-9-13-26/h4-15,22,28,41H,1-2,16-21,23-24H2,3H3. The van der Waals surface area contributed by atoms with E-state index in [0.717, 1.165) is 30.7 Å². The zero-order valence-electron chi connectivity index (χ0n) is 25.0. The van der Waals surface area contributed by atoms with E-state index in [-0.39, 0.29) is 36.2 Å². The van der Waals surface area contributed by atoms with Gasteiger partial charge in [-0.2, -0.15) is 0 Å². The molecule has 2 aromatic heterocycles. The second kappa shape index (κ2) is 13.7. The SMILES string of the molecule is C=CCN(CC=C)C(=O)c1cc(C)nc2c1c(=O)n(-c1ccccc1)c(=O)n2CC(O)CN1CCN(c2ccccc2)CC1. The van der Waals surface area contributed by atoms with Crippen LogP contribution in [0.3, 0.4) is 0 Å². The minimum Gasteiger partial charge on any atom is -0.390 e. The summed E-state index contributed by atoms with van der Waals surface area (Å²) in [5.74, 6) is -0.404. The third-order valence-electron chi connectivity index (χ3n) is 7.81. The number of piperazine rings is 1. The molecule has 10 heteroatoms. The maximum absolute atomic E-state index is 14.1. The van der Waals surface area contributed by atoms with E-state index in [1.54, 1.807) is 55.5 Å². The maximum atomic E-state index is 14.1. The molecule has 1 unspecified atom stereocenters. The first-order valence-electron chi connectivity index (χ1n) is 14.8. The van der Waals surface area contributed by atoms with Crippen molar-refractivity contribution in [2.75, 3.05) is 50.7 Å². The second-order valence-electron chi connectivity index (χ2n) is 10.9. The highest BCUT2D eigenvalue weighted by Crippen LogP contribution is 2.19. The highest BCUT2D eigenvalue weighted by molar-refractivity contribution is 6.05. The number of β-amino-alcohol motifs (C(OH)–C–C–N with tert-alkyl or cyclic N) is 1. The molecule has 0 aliphatic carbocycles. The number of amides is 1. The zero-order chi connectivity index (χ0) is 31.2. The Morgan fingerprint density at radius 1 is 0.932 bits per heavy atom. The molecule has 1 fully saturated rings. The van der Waals surface area contributed by atoms with Crippen LogP contribution in [-0.4, -0.2) is 86.8 Å². The number of carbonyl (C=O) groups is 1. The molecule has 0 saturated carbocycles. The van der Waals surface area contributed by atoms with Crippen molar-refractivity contribution in [2.45, 2.75) is 19.6 Å². The second-order valence-corrected chi connectivity index (χ2v) is 10.9. The van der Waals surface area contributed by atoms with Crippen LogP contribution in [0.1, 0.15) is 16.1 Å². The fourth-order valence-corrected chi connectivity index (χ4v) is 5.73. The normalized spacial score (nSPS) is 14.4. The van der Waals surface area contributed by atoms with Crippen LogP contribution < -0.4 is 16.1 Å². The summed E-state index contributed by atoms with van der Waals surface area (Å²) in [5, 5.41) is 11.3. The minimum absolute atomic E-state index is 0.0193. The lowest BCUT2D eigenvalue weighted by Gasteiger charge is -2.37. The van der Waals surface area contributed by atoms with Gasteiger partial charge >= 0.3 is 5.69 Å². The average molecular weight is 595 g/mol. The van der Waals surface area contributed by atoms with Crippen LogP contribution in [0.2, 0.25) is 0 Å². The van der Waals surface area contributed by atoms with Crippen molar-refractivity contribution in [1.29, 1.82) is 0 Å². The summed E-state index contributed by atoms with van der Waals surface area (Å²) in [6.07, 6.45) is 2.28. The minimum atomic E-state index is -0.930. The molecular weight excluding hydrogens is 556 g/mol. The number of hydrogen-bond donors (Lipinski definition) is 1. The molecule has 1 amide bonds. The van der Waals surface area contributed by atoms with Gasteiger partial charge in [-0.25, -0.2) is 14.3 Å². The van der Waals surface area contributed by atoms with Crippen LogP contribution in [0.5, 0.6) is 0 Å². The van der Waals surface area contributed by atoms with E-state index in [2.05, 4.69) is 40.1 Å². The highest BCUT2D eigenvalue weighted by atomic mass is 16.3. The number of hydrogen-bond acceptors (Lipinski definition) is 7. The van der Waals surface area contributed by atoms with E-state index in [4.69, 9.17) is 0 Å². The molecule has 228 valence electrons. The predicted octanol–water partition coefficient (Wildman–Crippen LogP) is 2.85. The van der Waals surface area contributed by atoms with Gasteiger partial charge in [0.15, 0.2) is 5.65 Å². The van der Waals surface area contributed by atoms with E-state index in [9.17, 15) is 19.5 Å². The predicted molar refractivity (Wildman–Crippen MR) is 174 cm³/mol. The maximum Gasteiger partial charge on any atom is 0.337 e. The van der Waals surface area contributed by atoms with Crippen LogP contribution >= 0.6 is 0 Å². The van der Waals surface area contributed by atoms with Gasteiger partial charge in [0, 0.05) is 57.2 Å². The first-order valence-corrected chi connectivity index (χ1v) is 14.8. The quantitative estimate of drug-likeness (QED) is 0.267. The molecular formula is C34H38N6O4. The summed E-state index contributed by atoms with van der Waals surface area (Å²) in [6, 6.07) is 20.4. The Morgan fingerprint density at radius 2 is 1.52 bits per heavy atom. The van der Waals surface area contributed by atoms with Gasteiger partial charge in [-0.05, 0) is 37.3 Å². The number of anilines is 1. The van der Waals surface area contributed by atoms with E-state index < -0.39 is 23.3 Å². The molecule has 3 heterocycles. The molecule has 2 aromatic carbocycles. The van der Waals surface area contributed by atoms with Crippen molar-refractivity contribution in [2.24, 2.45) is 0 Å². The molecule has 1 saturated heterocycles. The number of rotatable bonds is 11. The highest BCUT2D eigenvalue weighted by Gasteiger charge is 2.26. The van der Waals surface area contributed by atoms with Crippen LogP contribution in [0.25, 0.3) is 16.7 Å². The number of aliphatic hydroxyl groups excluding tert-OH is 1. The summed E-state index contributed by atoms with van der Waals surface area (Å²) in [7, 11) is 0. The molecule has 0 spiro atoms. The van der Waals surface area contributed by atoms with Crippen molar-refractivity contribution in [3.05, 3.63) is 124 Å². The van der Waals surface area contributed by atoms with Crippen LogP contribution in [0.15, 0.2) is 102 Å². The Hall–Kier alpha value is -4.80. The van der Waals surface area contributed by atoms with Crippen molar-refractivity contribution < 1.29 is 9.90 Å². The van der Waals surface area contributed by atoms with Crippen molar-refractivity contribution >= 4 is 22.6 Å². The number of para-hydroxylation sites is 2. The Labute approximate surface area is 256 Å². The Bertz CT molecular complexity index is 1750. The van der Waals surface area contributed by atoms with E-state index in [1.165, 1.54) is 15.2 Å². The molecule has 4 aromatic rings. The lowest BCUT2D eigenvalue weighted by atomic mass is 10.1. The van der Waals surface area contributed by atoms with Crippen molar-refractivity contribution in [3.8, 4) is 5.69 Å². The smallest absolute Gasteiger partial charge is 0.337 e. The molecule has 44 heavy (non-hydrogen) atoms. The fourth-order valence-electron chi connectivity index (χ4n) is 5.73. The van der Waals surface area contributed by atoms with Crippen LogP contribution in [-0.2, 0) is 6.54 Å². The number of nitrogens with zero attached hydrogens (tertiary/aromatic N) is 6. The topological polar surface area (TPSA) is 104 Å². The van der Waals surface area contributed by atoms with Gasteiger partial charge in [0.2, 0.25) is 0 Å². The van der Waals surface area contributed by atoms with E-state index in [1.807, 2.05) is 18.2 Å². The Morgan fingerprint density at radius 3 is 2.11 bits per heavy atom. The number of benzene rings is 2. The number of carbonyl (C=O) groups excluding carboxylic acids is 1. The van der Waals surface area contributed by atoms with Gasteiger partial charge in [0.05, 0.1) is 29.3 Å². The number of aromatic nitrogens is 3. The van der Waals surface area contributed by atoms with Crippen molar-refractivity contribution in [3.63, 3.8) is 0 Å². The van der Waals surface area contributed by atoms with Crippen LogP contribution in [0.4, 0.5) is 5.69 Å². The summed E-state index contributed by atoms with van der Waals surface area (Å²) < 4.78 is 2.37. The Balaban J connectivity index is 1.53. The van der Waals surface area contributed by atoms with Gasteiger partial charge in [-0.15, -0.1) is 13.2 Å². The van der Waals surface area contributed by atoms with Crippen LogP contribution in [0, 0.1) is 6.92 Å². The molecule has 0 bridgehead atoms. The first kappa shape index (κ1) is 30.7. The number of aryl methyl sites for hydroxylation is 1. The third kappa shape index (κ3) is 6.41. The zero-order valence-corrected chi connectivity index (χ0v) is 25.0. The van der Waals surface area contributed by atoms with Gasteiger partial charge in [0.1, 0.15) is 0 Å². The molecule has 1 aliphatic heterocycles. The molecule has 10 nitrogen and oxygen atoms in total. The fraction of sp³-hybridized carbons (Fsp3) is 0.294. The largest absolute Gasteiger partial charge is 0.390 e. The summed E-state index contributed by atoms with van der Waals surface area (Å²) in [5.41, 5.74) is 0.915. The molecule has 1 atom stereocenters. The van der Waals surface area contributed by atoms with Gasteiger partial charge in [-0.3, -0.25) is 19.1 Å². The lowest BCUT2D eigenvalue weighted by Crippen LogP contribution is -2.50. The summed E-state index contributed by atoms with van der Waals surface area (Å²) in [4.78, 5) is 52.4. The van der Waals surface area contributed by atoms with Gasteiger partial charge in [-0.1, -0.05) is 48.6 Å². The third-order valence-corrected chi connectivity index (χ3v) is 7.81. The lowest BCUT2D eigenvalue weighted by molar-refractivity contribution is 0.0792. The number of pyridine rings is 1. The molecule has 1 aliphatic rings. The number of fused-ring (bicyclic) bond motifs is 1. The number of aliphatic hydroxyl groups is 1. The van der Waals surface area contributed by atoms with Gasteiger partial charge < -0.3 is 14.9 Å². The van der Waals surface area contributed by atoms with E-state index >= 15 is 0 Å². The first-order chi connectivity index (χ1) is 21.3. The summed E-state index contributed by atoms with van der Waals surface area (Å²) in [6.45, 7) is 13.1. The molecule has 5 rings (SSSR count). The molecule has 1 N–H and O–H groups in total. The van der Waals surface area contributed by atoms with E-state index in [0.29, 0.717) is 17.9 Å². The Kier molecular flexibility index (Phi) is 9.52. The monoisotopic (exact) mass is 594 g/mol.